The second kappa shape index (κ2) is 8.43. The van der Waals surface area contributed by atoms with Gasteiger partial charge in [-0.1, -0.05) is 37.6 Å². The van der Waals surface area contributed by atoms with Gasteiger partial charge in [0.15, 0.2) is 0 Å². The lowest BCUT2D eigenvalue weighted by Crippen LogP contribution is -2.21. The molecule has 0 spiro atoms. The van der Waals surface area contributed by atoms with Crippen LogP contribution in [0.3, 0.4) is 0 Å². The topological polar surface area (TPSA) is 21.3 Å². The Balaban J connectivity index is 1.96. The summed E-state index contributed by atoms with van der Waals surface area (Å²) in [5, 5.41) is 3.62. The van der Waals surface area contributed by atoms with E-state index in [1.54, 1.807) is 5.56 Å². The molecule has 2 rings (SSSR count). The molecular weight excluding hydrogens is 246 g/mol. The van der Waals surface area contributed by atoms with Crippen molar-refractivity contribution in [3.05, 3.63) is 35.4 Å². The maximum absolute atomic E-state index is 5.46. The van der Waals surface area contributed by atoms with Crippen molar-refractivity contribution in [2.75, 3.05) is 19.8 Å². The predicted molar refractivity (Wildman–Crippen MR) is 85.2 cm³/mol. The SMILES string of the molecule is CCNC(CCCOCC)c1cccc(C2CCC2)c1. The molecule has 0 heterocycles. The van der Waals surface area contributed by atoms with Crippen LogP contribution < -0.4 is 5.32 Å². The quantitative estimate of drug-likeness (QED) is 0.674. The van der Waals surface area contributed by atoms with Crippen LogP contribution in [0.5, 0.6) is 0 Å². The molecule has 1 saturated carbocycles. The average Bonchev–Trinajstić information content (AvgIpc) is 2.41. The van der Waals surface area contributed by atoms with Gasteiger partial charge in [0.1, 0.15) is 0 Å². The van der Waals surface area contributed by atoms with Crippen LogP contribution in [-0.4, -0.2) is 19.8 Å². The van der Waals surface area contributed by atoms with E-state index in [2.05, 4.69) is 43.4 Å². The van der Waals surface area contributed by atoms with E-state index in [1.165, 1.54) is 24.8 Å². The van der Waals surface area contributed by atoms with Gasteiger partial charge in [-0.25, -0.2) is 0 Å². The summed E-state index contributed by atoms with van der Waals surface area (Å²) in [4.78, 5) is 0. The third-order valence-electron chi connectivity index (χ3n) is 4.33. The molecule has 1 N–H and O–H groups in total. The van der Waals surface area contributed by atoms with Gasteiger partial charge in [-0.05, 0) is 56.2 Å². The van der Waals surface area contributed by atoms with Crippen LogP contribution in [0.25, 0.3) is 0 Å². The first-order valence-corrected chi connectivity index (χ1v) is 8.26. The van der Waals surface area contributed by atoms with Crippen LogP contribution in [0.15, 0.2) is 24.3 Å². The summed E-state index contributed by atoms with van der Waals surface area (Å²) in [6, 6.07) is 9.71. The Hall–Kier alpha value is -0.860. The van der Waals surface area contributed by atoms with Gasteiger partial charge in [-0.3, -0.25) is 0 Å². The minimum absolute atomic E-state index is 0.473. The van der Waals surface area contributed by atoms with Crippen molar-refractivity contribution < 1.29 is 4.74 Å². The van der Waals surface area contributed by atoms with Gasteiger partial charge in [0, 0.05) is 19.3 Å². The van der Waals surface area contributed by atoms with Gasteiger partial charge in [-0.15, -0.1) is 0 Å². The van der Waals surface area contributed by atoms with Crippen LogP contribution in [0, 0.1) is 0 Å². The zero-order valence-electron chi connectivity index (χ0n) is 13.0. The Morgan fingerprint density at radius 3 is 2.80 bits per heavy atom. The van der Waals surface area contributed by atoms with E-state index in [-0.39, 0.29) is 0 Å². The first kappa shape index (κ1) is 15.5. The van der Waals surface area contributed by atoms with Crippen molar-refractivity contribution in [1.29, 1.82) is 0 Å². The summed E-state index contributed by atoms with van der Waals surface area (Å²) in [6.07, 6.45) is 6.43. The van der Waals surface area contributed by atoms with E-state index in [1.807, 2.05) is 0 Å². The summed E-state index contributed by atoms with van der Waals surface area (Å²) in [6.45, 7) is 6.96. The molecule has 1 aliphatic rings. The third-order valence-corrected chi connectivity index (χ3v) is 4.33. The zero-order valence-corrected chi connectivity index (χ0v) is 13.0. The minimum atomic E-state index is 0.473. The fourth-order valence-electron chi connectivity index (χ4n) is 2.94. The molecule has 20 heavy (non-hydrogen) atoms. The van der Waals surface area contributed by atoms with Crippen molar-refractivity contribution in [2.24, 2.45) is 0 Å². The Morgan fingerprint density at radius 2 is 2.15 bits per heavy atom. The largest absolute Gasteiger partial charge is 0.382 e. The van der Waals surface area contributed by atoms with Crippen molar-refractivity contribution in [3.63, 3.8) is 0 Å². The number of benzene rings is 1. The minimum Gasteiger partial charge on any atom is -0.382 e. The molecule has 0 aliphatic heterocycles. The van der Waals surface area contributed by atoms with E-state index in [4.69, 9.17) is 4.74 Å². The Labute approximate surface area is 123 Å². The molecule has 1 atom stereocenters. The molecule has 112 valence electrons. The number of hydrogen-bond donors (Lipinski definition) is 1. The Morgan fingerprint density at radius 1 is 1.30 bits per heavy atom. The molecule has 0 radical (unpaired) electrons. The fraction of sp³-hybridized carbons (Fsp3) is 0.667. The van der Waals surface area contributed by atoms with Crippen molar-refractivity contribution in [2.45, 2.75) is 57.9 Å². The maximum atomic E-state index is 5.46. The lowest BCUT2D eigenvalue weighted by molar-refractivity contribution is 0.141. The normalized spacial score (nSPS) is 16.9. The van der Waals surface area contributed by atoms with Crippen LogP contribution in [0.4, 0.5) is 0 Å². The van der Waals surface area contributed by atoms with Gasteiger partial charge in [0.05, 0.1) is 0 Å². The van der Waals surface area contributed by atoms with E-state index < -0.39 is 0 Å². The van der Waals surface area contributed by atoms with E-state index >= 15 is 0 Å². The first-order valence-electron chi connectivity index (χ1n) is 8.26. The highest BCUT2D eigenvalue weighted by molar-refractivity contribution is 5.29. The summed E-state index contributed by atoms with van der Waals surface area (Å²) < 4.78 is 5.46. The summed E-state index contributed by atoms with van der Waals surface area (Å²) in [5.41, 5.74) is 2.99. The first-order chi connectivity index (χ1) is 9.85. The molecule has 1 unspecified atom stereocenters. The molecule has 2 heteroatoms. The molecule has 0 aromatic heterocycles. The van der Waals surface area contributed by atoms with Crippen molar-refractivity contribution >= 4 is 0 Å². The highest BCUT2D eigenvalue weighted by atomic mass is 16.5. The summed E-state index contributed by atoms with van der Waals surface area (Å²) in [7, 11) is 0. The molecule has 1 aliphatic carbocycles. The molecule has 1 fully saturated rings. The Kier molecular flexibility index (Phi) is 6.55. The molecule has 2 nitrogen and oxygen atoms in total. The average molecular weight is 275 g/mol. The third kappa shape index (κ3) is 4.32. The zero-order chi connectivity index (χ0) is 14.2. The van der Waals surface area contributed by atoms with Gasteiger partial charge < -0.3 is 10.1 Å². The molecule has 0 bridgehead atoms. The summed E-state index contributed by atoms with van der Waals surface area (Å²) >= 11 is 0. The summed E-state index contributed by atoms with van der Waals surface area (Å²) in [5.74, 6) is 0.820. The second-order valence-electron chi connectivity index (χ2n) is 5.75. The van der Waals surface area contributed by atoms with E-state index in [9.17, 15) is 0 Å². The van der Waals surface area contributed by atoms with Gasteiger partial charge in [0.25, 0.3) is 0 Å². The highest BCUT2D eigenvalue weighted by Gasteiger charge is 2.20. The van der Waals surface area contributed by atoms with Crippen LogP contribution in [-0.2, 0) is 4.74 Å². The van der Waals surface area contributed by atoms with Crippen LogP contribution in [0.2, 0.25) is 0 Å². The van der Waals surface area contributed by atoms with E-state index in [0.29, 0.717) is 6.04 Å². The molecular formula is C18H29NO. The van der Waals surface area contributed by atoms with Gasteiger partial charge in [0.2, 0.25) is 0 Å². The standard InChI is InChI=1S/C18H29NO/c1-3-19-18(12-7-13-20-4-2)17-11-6-10-16(14-17)15-8-5-9-15/h6,10-11,14-15,18-19H,3-5,7-9,12-13H2,1-2H3. The lowest BCUT2D eigenvalue weighted by atomic mass is 9.79. The van der Waals surface area contributed by atoms with Crippen LogP contribution >= 0.6 is 0 Å². The smallest absolute Gasteiger partial charge is 0.0466 e. The lowest BCUT2D eigenvalue weighted by Gasteiger charge is -2.27. The van der Waals surface area contributed by atoms with Crippen molar-refractivity contribution in [1.82, 2.24) is 5.32 Å². The predicted octanol–water partition coefficient (Wildman–Crippen LogP) is 4.42. The van der Waals surface area contributed by atoms with E-state index in [0.717, 1.165) is 38.5 Å². The number of ether oxygens (including phenoxy) is 1. The number of nitrogens with one attached hydrogen (secondary N) is 1. The molecule has 0 saturated heterocycles. The Bertz CT molecular complexity index is 387. The van der Waals surface area contributed by atoms with Crippen molar-refractivity contribution in [3.8, 4) is 0 Å². The number of hydrogen-bond acceptors (Lipinski definition) is 2. The van der Waals surface area contributed by atoms with Gasteiger partial charge >= 0.3 is 0 Å². The monoisotopic (exact) mass is 275 g/mol. The number of rotatable bonds is 9. The second-order valence-corrected chi connectivity index (χ2v) is 5.75. The fourth-order valence-corrected chi connectivity index (χ4v) is 2.94. The maximum Gasteiger partial charge on any atom is 0.0466 e. The van der Waals surface area contributed by atoms with Crippen LogP contribution in [0.1, 0.15) is 69.0 Å². The van der Waals surface area contributed by atoms with Gasteiger partial charge in [-0.2, -0.15) is 0 Å². The molecule has 0 amide bonds. The molecule has 1 aromatic rings. The molecule has 1 aromatic carbocycles. The highest BCUT2D eigenvalue weighted by Crippen LogP contribution is 2.37.